The third kappa shape index (κ3) is 5.31. The number of carbonyl (C=O) groups excluding carboxylic acids is 1. The van der Waals surface area contributed by atoms with Gasteiger partial charge >= 0.3 is 0 Å². The first-order valence-corrected chi connectivity index (χ1v) is 9.96. The molecule has 0 spiro atoms. The van der Waals surface area contributed by atoms with Crippen LogP contribution in [0.2, 0.25) is 0 Å². The fourth-order valence-corrected chi connectivity index (χ4v) is 3.74. The maximum Gasteiger partial charge on any atom is 0.251 e. The van der Waals surface area contributed by atoms with Crippen molar-refractivity contribution in [1.29, 1.82) is 0 Å². The lowest BCUT2D eigenvalue weighted by atomic mass is 10.0. The van der Waals surface area contributed by atoms with Gasteiger partial charge in [-0.25, -0.2) is 0 Å². The number of rotatable bonds is 6. The van der Waals surface area contributed by atoms with Crippen LogP contribution >= 0.6 is 15.9 Å². The van der Waals surface area contributed by atoms with Crippen molar-refractivity contribution in [3.8, 4) is 5.75 Å². The molecule has 2 aromatic carbocycles. The van der Waals surface area contributed by atoms with Gasteiger partial charge in [0.05, 0.1) is 13.2 Å². The Kier molecular flexibility index (Phi) is 6.88. The van der Waals surface area contributed by atoms with Gasteiger partial charge in [-0.1, -0.05) is 34.1 Å². The summed E-state index contributed by atoms with van der Waals surface area (Å²) in [6.07, 6.45) is 0. The Bertz CT molecular complexity index is 758. The van der Waals surface area contributed by atoms with Crippen molar-refractivity contribution in [2.24, 2.45) is 0 Å². The van der Waals surface area contributed by atoms with E-state index in [1.165, 1.54) is 5.56 Å². The predicted molar refractivity (Wildman–Crippen MR) is 111 cm³/mol. The molecule has 0 aliphatic carbocycles. The molecule has 1 N–H and O–H groups in total. The highest BCUT2D eigenvalue weighted by molar-refractivity contribution is 9.10. The second-order valence-electron chi connectivity index (χ2n) is 6.85. The number of carbonyl (C=O) groups is 1. The molecule has 1 heterocycles. The minimum Gasteiger partial charge on any atom is -0.497 e. The molecule has 0 bridgehead atoms. The zero-order chi connectivity index (χ0) is 19.2. The number of methoxy groups -OCH3 is 1. The molecule has 1 atom stereocenters. The van der Waals surface area contributed by atoms with Crippen LogP contribution in [0.15, 0.2) is 53.0 Å². The molecular formula is C21H26BrN3O2. The van der Waals surface area contributed by atoms with Gasteiger partial charge in [-0.15, -0.1) is 0 Å². The lowest BCUT2D eigenvalue weighted by molar-refractivity contribution is 0.0886. The smallest absolute Gasteiger partial charge is 0.251 e. The Hall–Kier alpha value is -1.89. The Balaban J connectivity index is 1.73. The lowest BCUT2D eigenvalue weighted by Crippen LogP contribution is -2.48. The van der Waals surface area contributed by atoms with Crippen LogP contribution in [0.1, 0.15) is 22.0 Å². The van der Waals surface area contributed by atoms with Gasteiger partial charge in [-0.3, -0.25) is 9.69 Å². The lowest BCUT2D eigenvalue weighted by Gasteiger charge is -2.38. The summed E-state index contributed by atoms with van der Waals surface area (Å²) in [5, 5.41) is 3.12. The van der Waals surface area contributed by atoms with Crippen molar-refractivity contribution >= 4 is 21.8 Å². The molecule has 144 valence electrons. The van der Waals surface area contributed by atoms with Crippen molar-refractivity contribution in [3.63, 3.8) is 0 Å². The summed E-state index contributed by atoms with van der Waals surface area (Å²) in [7, 11) is 3.82. The fraction of sp³-hybridized carbons (Fsp3) is 0.381. The van der Waals surface area contributed by atoms with Gasteiger partial charge in [0.1, 0.15) is 5.75 Å². The topological polar surface area (TPSA) is 44.8 Å². The molecule has 1 unspecified atom stereocenters. The molecule has 27 heavy (non-hydrogen) atoms. The summed E-state index contributed by atoms with van der Waals surface area (Å²) in [6, 6.07) is 15.7. The van der Waals surface area contributed by atoms with Crippen LogP contribution < -0.4 is 10.1 Å². The SMILES string of the molecule is COc1ccc(C(CNC(=O)c2cccc(Br)c2)N2CCN(C)CC2)cc1. The third-order valence-electron chi connectivity index (χ3n) is 5.02. The molecule has 5 nitrogen and oxygen atoms in total. The molecule has 1 saturated heterocycles. The molecule has 0 saturated carbocycles. The zero-order valence-corrected chi connectivity index (χ0v) is 17.4. The van der Waals surface area contributed by atoms with E-state index in [9.17, 15) is 4.79 Å². The number of nitrogens with one attached hydrogen (secondary N) is 1. The highest BCUT2D eigenvalue weighted by Crippen LogP contribution is 2.24. The Morgan fingerprint density at radius 2 is 1.85 bits per heavy atom. The molecule has 0 radical (unpaired) electrons. The van der Waals surface area contributed by atoms with Gasteiger partial charge in [0, 0.05) is 42.8 Å². The van der Waals surface area contributed by atoms with Crippen molar-refractivity contribution in [3.05, 3.63) is 64.1 Å². The average molecular weight is 432 g/mol. The van der Waals surface area contributed by atoms with Crippen LogP contribution in [-0.2, 0) is 0 Å². The number of ether oxygens (including phenoxy) is 1. The minimum absolute atomic E-state index is 0.0519. The van der Waals surface area contributed by atoms with E-state index >= 15 is 0 Å². The molecule has 1 fully saturated rings. The maximum absolute atomic E-state index is 12.6. The average Bonchev–Trinajstić information content (AvgIpc) is 2.69. The molecular weight excluding hydrogens is 406 g/mol. The van der Waals surface area contributed by atoms with E-state index in [0.29, 0.717) is 12.1 Å². The first-order chi connectivity index (χ1) is 13.1. The van der Waals surface area contributed by atoms with Gasteiger partial charge in [-0.05, 0) is 42.9 Å². The van der Waals surface area contributed by atoms with Crippen LogP contribution in [0, 0.1) is 0 Å². The zero-order valence-electron chi connectivity index (χ0n) is 15.8. The van der Waals surface area contributed by atoms with E-state index in [4.69, 9.17) is 4.74 Å². The highest BCUT2D eigenvalue weighted by Gasteiger charge is 2.24. The van der Waals surface area contributed by atoms with E-state index in [-0.39, 0.29) is 11.9 Å². The monoisotopic (exact) mass is 431 g/mol. The van der Waals surface area contributed by atoms with E-state index in [0.717, 1.165) is 36.4 Å². The fourth-order valence-electron chi connectivity index (χ4n) is 3.34. The second-order valence-corrected chi connectivity index (χ2v) is 7.76. The number of halogens is 1. The Morgan fingerprint density at radius 1 is 1.15 bits per heavy atom. The van der Waals surface area contributed by atoms with Crippen molar-refractivity contribution in [2.45, 2.75) is 6.04 Å². The van der Waals surface area contributed by atoms with Gasteiger partial charge in [0.2, 0.25) is 0 Å². The van der Waals surface area contributed by atoms with Crippen molar-refractivity contribution in [2.75, 3.05) is 46.9 Å². The van der Waals surface area contributed by atoms with Gasteiger partial charge < -0.3 is 15.0 Å². The molecule has 0 aromatic heterocycles. The summed E-state index contributed by atoms with van der Waals surface area (Å²) in [5.74, 6) is 0.790. The number of likely N-dealkylation sites (N-methyl/N-ethyl adjacent to an activating group) is 1. The van der Waals surface area contributed by atoms with Crippen LogP contribution in [0.4, 0.5) is 0 Å². The predicted octanol–water partition coefficient (Wildman–Crippen LogP) is 3.18. The molecule has 6 heteroatoms. The van der Waals surface area contributed by atoms with Crippen LogP contribution in [0.25, 0.3) is 0 Å². The summed E-state index contributed by atoms with van der Waals surface area (Å²) in [4.78, 5) is 17.4. The molecule has 1 aliphatic heterocycles. The number of hydrogen-bond acceptors (Lipinski definition) is 4. The van der Waals surface area contributed by atoms with E-state index < -0.39 is 0 Å². The quantitative estimate of drug-likeness (QED) is 0.762. The Labute approximate surface area is 169 Å². The molecule has 3 rings (SSSR count). The molecule has 1 amide bonds. The third-order valence-corrected chi connectivity index (χ3v) is 5.52. The van der Waals surface area contributed by atoms with Crippen molar-refractivity contribution in [1.82, 2.24) is 15.1 Å². The first kappa shape index (κ1) is 19.9. The van der Waals surface area contributed by atoms with Gasteiger partial charge in [-0.2, -0.15) is 0 Å². The molecule has 1 aliphatic rings. The Morgan fingerprint density at radius 3 is 2.48 bits per heavy atom. The summed E-state index contributed by atoms with van der Waals surface area (Å²) < 4.78 is 6.18. The first-order valence-electron chi connectivity index (χ1n) is 9.17. The minimum atomic E-state index is -0.0519. The second kappa shape index (κ2) is 9.35. The highest BCUT2D eigenvalue weighted by atomic mass is 79.9. The van der Waals surface area contributed by atoms with E-state index in [1.807, 2.05) is 36.4 Å². The standard InChI is InChI=1S/C21H26BrN3O2/c1-24-10-12-25(13-11-24)20(16-6-8-19(27-2)9-7-16)15-23-21(26)17-4-3-5-18(22)14-17/h3-9,14,20H,10-13,15H2,1-2H3,(H,23,26). The van der Waals surface area contributed by atoms with Crippen LogP contribution in [0.3, 0.4) is 0 Å². The normalized spacial score (nSPS) is 16.7. The molecule has 2 aromatic rings. The van der Waals surface area contributed by atoms with Crippen molar-refractivity contribution < 1.29 is 9.53 Å². The number of piperazine rings is 1. The van der Waals surface area contributed by atoms with E-state index in [1.54, 1.807) is 7.11 Å². The number of hydrogen-bond donors (Lipinski definition) is 1. The van der Waals surface area contributed by atoms with Gasteiger partial charge in [0.15, 0.2) is 0 Å². The number of benzene rings is 2. The summed E-state index contributed by atoms with van der Waals surface area (Å²) in [6.45, 7) is 4.61. The summed E-state index contributed by atoms with van der Waals surface area (Å²) in [5.41, 5.74) is 1.85. The van der Waals surface area contributed by atoms with E-state index in [2.05, 4.69) is 50.2 Å². The van der Waals surface area contributed by atoms with Crippen LogP contribution in [-0.4, -0.2) is 62.6 Å². The maximum atomic E-state index is 12.6. The number of amides is 1. The summed E-state index contributed by atoms with van der Waals surface area (Å²) >= 11 is 3.42. The van der Waals surface area contributed by atoms with Gasteiger partial charge in [0.25, 0.3) is 5.91 Å². The van der Waals surface area contributed by atoms with Crippen LogP contribution in [0.5, 0.6) is 5.75 Å². The number of nitrogens with zero attached hydrogens (tertiary/aromatic N) is 2. The largest absolute Gasteiger partial charge is 0.497 e.